The number of benzene rings is 1. The van der Waals surface area contributed by atoms with Gasteiger partial charge in [-0.2, -0.15) is 4.98 Å². The Balaban J connectivity index is 2.05. The Kier molecular flexibility index (Phi) is 3.11. The molecular weight excluding hydrogens is 240 g/mol. The zero-order valence-corrected chi connectivity index (χ0v) is 11.0. The molecule has 4 heteroatoms. The first-order valence-corrected chi connectivity index (χ1v) is 6.80. The van der Waals surface area contributed by atoms with Crippen molar-refractivity contribution < 1.29 is 9.63 Å². The van der Waals surface area contributed by atoms with E-state index in [9.17, 15) is 5.11 Å². The molecule has 0 saturated heterocycles. The molecular formula is C15H18N2O2. The van der Waals surface area contributed by atoms with Gasteiger partial charge in [0, 0.05) is 0 Å². The van der Waals surface area contributed by atoms with Crippen LogP contribution in [-0.2, 0) is 5.41 Å². The molecule has 0 amide bonds. The van der Waals surface area contributed by atoms with Crippen molar-refractivity contribution in [3.63, 3.8) is 0 Å². The molecule has 1 aliphatic carbocycles. The van der Waals surface area contributed by atoms with Gasteiger partial charge in [0.1, 0.15) is 6.10 Å². The maximum Gasteiger partial charge on any atom is 0.255 e. The molecule has 0 spiro atoms. The van der Waals surface area contributed by atoms with Crippen molar-refractivity contribution in [3.05, 3.63) is 47.6 Å². The molecule has 1 aromatic heterocycles. The highest BCUT2D eigenvalue weighted by atomic mass is 16.5. The fourth-order valence-corrected chi connectivity index (χ4v) is 2.98. The van der Waals surface area contributed by atoms with Crippen molar-refractivity contribution in [2.45, 2.75) is 44.1 Å². The van der Waals surface area contributed by atoms with Gasteiger partial charge in [0.15, 0.2) is 5.82 Å². The van der Waals surface area contributed by atoms with Crippen molar-refractivity contribution in [1.82, 2.24) is 10.1 Å². The van der Waals surface area contributed by atoms with Crippen LogP contribution in [0.4, 0.5) is 0 Å². The van der Waals surface area contributed by atoms with E-state index in [1.165, 1.54) is 18.4 Å². The maximum absolute atomic E-state index is 9.54. The van der Waals surface area contributed by atoms with E-state index in [1.807, 2.05) is 18.2 Å². The molecule has 0 radical (unpaired) electrons. The topological polar surface area (TPSA) is 59.2 Å². The second-order valence-corrected chi connectivity index (χ2v) is 5.29. The molecule has 1 unspecified atom stereocenters. The second-order valence-electron chi connectivity index (χ2n) is 5.29. The molecule has 1 N–H and O–H groups in total. The zero-order valence-electron chi connectivity index (χ0n) is 11.0. The molecule has 4 nitrogen and oxygen atoms in total. The summed E-state index contributed by atoms with van der Waals surface area (Å²) in [4.78, 5) is 4.41. The Morgan fingerprint density at radius 1 is 1.21 bits per heavy atom. The Hall–Kier alpha value is -1.68. The first kappa shape index (κ1) is 12.4. The highest BCUT2D eigenvalue weighted by Crippen LogP contribution is 2.45. The standard InChI is InChI=1S/C15H18N2O2/c1-11(18)13-16-14(17-19-13)15(9-5-6-10-15)12-7-3-2-4-8-12/h2-4,7-8,11,18H,5-6,9-10H2,1H3. The Morgan fingerprint density at radius 3 is 2.47 bits per heavy atom. The van der Waals surface area contributed by atoms with Gasteiger partial charge in [-0.05, 0) is 25.3 Å². The Morgan fingerprint density at radius 2 is 1.89 bits per heavy atom. The van der Waals surface area contributed by atoms with Crippen LogP contribution >= 0.6 is 0 Å². The number of aliphatic hydroxyl groups is 1. The van der Waals surface area contributed by atoms with Gasteiger partial charge in [-0.1, -0.05) is 48.3 Å². The van der Waals surface area contributed by atoms with Crippen LogP contribution in [0.15, 0.2) is 34.9 Å². The van der Waals surface area contributed by atoms with Crippen LogP contribution in [-0.4, -0.2) is 15.2 Å². The van der Waals surface area contributed by atoms with Crippen molar-refractivity contribution in [2.75, 3.05) is 0 Å². The Bertz CT molecular complexity index is 542. The molecule has 19 heavy (non-hydrogen) atoms. The van der Waals surface area contributed by atoms with Crippen molar-refractivity contribution >= 4 is 0 Å². The molecule has 1 aromatic carbocycles. The van der Waals surface area contributed by atoms with Gasteiger partial charge in [-0.25, -0.2) is 0 Å². The van der Waals surface area contributed by atoms with E-state index in [1.54, 1.807) is 6.92 Å². The van der Waals surface area contributed by atoms with E-state index in [0.717, 1.165) is 12.8 Å². The van der Waals surface area contributed by atoms with Crippen molar-refractivity contribution in [2.24, 2.45) is 0 Å². The Labute approximate surface area is 112 Å². The number of aromatic nitrogens is 2. The van der Waals surface area contributed by atoms with E-state index in [0.29, 0.717) is 11.7 Å². The number of hydrogen-bond donors (Lipinski definition) is 1. The van der Waals surface area contributed by atoms with E-state index < -0.39 is 6.10 Å². The van der Waals surface area contributed by atoms with E-state index in [4.69, 9.17) is 4.52 Å². The van der Waals surface area contributed by atoms with Crippen molar-refractivity contribution in [3.8, 4) is 0 Å². The van der Waals surface area contributed by atoms with Crippen molar-refractivity contribution in [1.29, 1.82) is 0 Å². The van der Waals surface area contributed by atoms with Crippen LogP contribution in [0.1, 0.15) is 56.0 Å². The van der Waals surface area contributed by atoms with Gasteiger partial charge in [-0.15, -0.1) is 0 Å². The molecule has 1 saturated carbocycles. The lowest BCUT2D eigenvalue weighted by Crippen LogP contribution is -2.25. The summed E-state index contributed by atoms with van der Waals surface area (Å²) in [6.45, 7) is 1.64. The van der Waals surface area contributed by atoms with Gasteiger partial charge in [0.05, 0.1) is 5.41 Å². The highest BCUT2D eigenvalue weighted by molar-refractivity contribution is 5.33. The second kappa shape index (κ2) is 4.78. The number of hydrogen-bond acceptors (Lipinski definition) is 4. The summed E-state index contributed by atoms with van der Waals surface area (Å²) in [6, 6.07) is 10.4. The van der Waals surface area contributed by atoms with Crippen LogP contribution in [0.3, 0.4) is 0 Å². The summed E-state index contributed by atoms with van der Waals surface area (Å²) >= 11 is 0. The number of rotatable bonds is 3. The molecule has 2 aromatic rings. The van der Waals surface area contributed by atoms with Gasteiger partial charge in [0.25, 0.3) is 5.89 Å². The predicted molar refractivity (Wildman–Crippen MR) is 70.6 cm³/mol. The maximum atomic E-state index is 9.54. The van der Waals surface area contributed by atoms with E-state index in [2.05, 4.69) is 22.3 Å². The average molecular weight is 258 g/mol. The summed E-state index contributed by atoms with van der Waals surface area (Å²) in [7, 11) is 0. The van der Waals surface area contributed by atoms with Gasteiger partial charge >= 0.3 is 0 Å². The third kappa shape index (κ3) is 2.06. The monoisotopic (exact) mass is 258 g/mol. The van der Waals surface area contributed by atoms with E-state index in [-0.39, 0.29) is 5.41 Å². The smallest absolute Gasteiger partial charge is 0.255 e. The fourth-order valence-electron chi connectivity index (χ4n) is 2.98. The molecule has 0 aliphatic heterocycles. The van der Waals surface area contributed by atoms with E-state index >= 15 is 0 Å². The predicted octanol–water partition coefficient (Wildman–Crippen LogP) is 2.98. The lowest BCUT2D eigenvalue weighted by atomic mass is 9.78. The van der Waals surface area contributed by atoms with Gasteiger partial charge in [0.2, 0.25) is 0 Å². The molecule has 1 atom stereocenters. The molecule has 1 aliphatic rings. The molecule has 1 heterocycles. The zero-order chi connectivity index (χ0) is 13.3. The van der Waals surface area contributed by atoms with Crippen LogP contribution in [0.2, 0.25) is 0 Å². The van der Waals surface area contributed by atoms with Crippen LogP contribution in [0.5, 0.6) is 0 Å². The first-order chi connectivity index (χ1) is 9.22. The lowest BCUT2D eigenvalue weighted by molar-refractivity contribution is 0.151. The quantitative estimate of drug-likeness (QED) is 0.919. The summed E-state index contributed by atoms with van der Waals surface area (Å²) < 4.78 is 5.17. The van der Waals surface area contributed by atoms with Crippen LogP contribution in [0.25, 0.3) is 0 Å². The first-order valence-electron chi connectivity index (χ1n) is 6.80. The summed E-state index contributed by atoms with van der Waals surface area (Å²) in [6.07, 6.45) is 3.71. The third-order valence-electron chi connectivity index (χ3n) is 4.01. The van der Waals surface area contributed by atoms with Gasteiger partial charge < -0.3 is 9.63 Å². The largest absolute Gasteiger partial charge is 0.384 e. The minimum absolute atomic E-state index is 0.141. The third-order valence-corrected chi connectivity index (χ3v) is 4.01. The lowest BCUT2D eigenvalue weighted by Gasteiger charge is -2.25. The number of nitrogens with zero attached hydrogens (tertiary/aromatic N) is 2. The normalized spacial score (nSPS) is 19.5. The molecule has 0 bridgehead atoms. The SMILES string of the molecule is CC(O)c1nc(C2(c3ccccc3)CCCC2)no1. The highest BCUT2D eigenvalue weighted by Gasteiger charge is 2.41. The summed E-state index contributed by atoms with van der Waals surface area (Å²) in [5.41, 5.74) is 1.10. The fraction of sp³-hybridized carbons (Fsp3) is 0.467. The molecule has 1 fully saturated rings. The minimum Gasteiger partial charge on any atom is -0.384 e. The average Bonchev–Trinajstić information content (AvgIpc) is 3.09. The summed E-state index contributed by atoms with van der Waals surface area (Å²) in [5, 5.41) is 13.7. The molecule has 3 rings (SSSR count). The van der Waals surface area contributed by atoms with Crippen LogP contribution < -0.4 is 0 Å². The van der Waals surface area contributed by atoms with Crippen LogP contribution in [0, 0.1) is 0 Å². The minimum atomic E-state index is -0.713. The number of aliphatic hydroxyl groups excluding tert-OH is 1. The molecule has 100 valence electrons. The van der Waals surface area contributed by atoms with Gasteiger partial charge in [-0.3, -0.25) is 0 Å². The summed E-state index contributed by atoms with van der Waals surface area (Å²) in [5.74, 6) is 1.02.